The highest BCUT2D eigenvalue weighted by molar-refractivity contribution is 7.89. The van der Waals surface area contributed by atoms with Crippen LogP contribution in [-0.2, 0) is 27.1 Å². The molecule has 36 heavy (non-hydrogen) atoms. The predicted octanol–water partition coefficient (Wildman–Crippen LogP) is 4.55. The van der Waals surface area contributed by atoms with Crippen LogP contribution in [0.25, 0.3) is 0 Å². The number of halogens is 6. The molecule has 0 aromatic heterocycles. The minimum Gasteiger partial charge on any atom is -0.381 e. The fourth-order valence-electron chi connectivity index (χ4n) is 5.08. The zero-order chi connectivity index (χ0) is 26.8. The van der Waals surface area contributed by atoms with E-state index >= 15 is 0 Å². The molecule has 2 heterocycles. The molecule has 1 aromatic rings. The van der Waals surface area contributed by atoms with E-state index in [0.717, 1.165) is 12.8 Å². The Kier molecular flexibility index (Phi) is 9.02. The van der Waals surface area contributed by atoms with Crippen molar-refractivity contribution >= 4 is 10.0 Å². The third-order valence-corrected chi connectivity index (χ3v) is 9.14. The van der Waals surface area contributed by atoms with Gasteiger partial charge in [-0.3, -0.25) is 5.32 Å². The molecule has 2 aliphatic heterocycles. The molecule has 0 spiro atoms. The number of nitrogens with one attached hydrogen (secondary N) is 1. The summed E-state index contributed by atoms with van der Waals surface area (Å²) < 4.78 is 111. The molecule has 2 saturated heterocycles. The van der Waals surface area contributed by atoms with E-state index in [0.29, 0.717) is 44.6 Å². The molecule has 0 amide bonds. The number of alkyl halides is 6. The average molecular weight is 547 g/mol. The van der Waals surface area contributed by atoms with Crippen molar-refractivity contribution in [3.63, 3.8) is 0 Å². The first-order valence-electron chi connectivity index (χ1n) is 11.9. The van der Waals surface area contributed by atoms with Gasteiger partial charge in [0, 0.05) is 38.4 Å². The third-order valence-electron chi connectivity index (χ3n) is 7.25. The lowest BCUT2D eigenvalue weighted by Gasteiger charge is -2.44. The Morgan fingerprint density at radius 3 is 2.25 bits per heavy atom. The number of piperidine rings is 1. The monoisotopic (exact) mass is 546 g/mol. The Bertz CT molecular complexity index is 985. The number of nitrogens with zero attached hydrogens (tertiary/aromatic N) is 1. The van der Waals surface area contributed by atoms with Gasteiger partial charge in [-0.1, -0.05) is 6.07 Å². The molecule has 3 rings (SSSR count). The maximum absolute atomic E-state index is 13.6. The van der Waals surface area contributed by atoms with Gasteiger partial charge in [0.2, 0.25) is 10.0 Å². The van der Waals surface area contributed by atoms with Gasteiger partial charge in [-0.05, 0) is 62.5 Å². The van der Waals surface area contributed by atoms with Crippen LogP contribution in [0.1, 0.15) is 61.9 Å². The van der Waals surface area contributed by atoms with Crippen LogP contribution in [0.15, 0.2) is 18.2 Å². The number of hydrogen-bond acceptors (Lipinski definition) is 5. The van der Waals surface area contributed by atoms with Crippen LogP contribution < -0.4 is 5.32 Å². The first-order valence-corrected chi connectivity index (χ1v) is 13.5. The standard InChI is InChI=1S/C23H32F6N2O4S/c1-2-36(33,34)31-9-7-21(8-10-31,14-16-5-11-35-12-6-16)15-30-20(32)18-4-3-17(22(24,25)26)13-19(18)23(27,28)29/h3-4,13,16,20,30,32H,2,5-12,14-15H2,1H3. The van der Waals surface area contributed by atoms with Crippen molar-refractivity contribution < 1.29 is 44.6 Å². The molecule has 2 fully saturated rings. The van der Waals surface area contributed by atoms with Gasteiger partial charge in [0.05, 0.1) is 16.9 Å². The molecule has 2 N–H and O–H groups in total. The summed E-state index contributed by atoms with van der Waals surface area (Å²) in [5.74, 6) is 0.245. The van der Waals surface area contributed by atoms with Gasteiger partial charge in [-0.2, -0.15) is 26.3 Å². The number of aliphatic hydroxyl groups is 1. The molecule has 0 bridgehead atoms. The number of rotatable bonds is 8. The predicted molar refractivity (Wildman–Crippen MR) is 120 cm³/mol. The van der Waals surface area contributed by atoms with Crippen LogP contribution >= 0.6 is 0 Å². The van der Waals surface area contributed by atoms with Crippen LogP contribution in [0.2, 0.25) is 0 Å². The summed E-state index contributed by atoms with van der Waals surface area (Å²) in [6.07, 6.45) is -8.74. The summed E-state index contributed by atoms with van der Waals surface area (Å²) in [6.45, 7) is 3.33. The molecule has 1 aromatic carbocycles. The molecule has 0 aliphatic carbocycles. The Morgan fingerprint density at radius 2 is 1.72 bits per heavy atom. The molecule has 13 heteroatoms. The maximum atomic E-state index is 13.6. The van der Waals surface area contributed by atoms with Crippen molar-refractivity contribution in [2.45, 2.75) is 57.6 Å². The van der Waals surface area contributed by atoms with E-state index in [1.54, 1.807) is 6.92 Å². The van der Waals surface area contributed by atoms with Crippen LogP contribution in [0, 0.1) is 11.3 Å². The second-order valence-electron chi connectivity index (χ2n) is 9.64. The van der Waals surface area contributed by atoms with E-state index in [-0.39, 0.29) is 37.4 Å². The normalized spacial score (nSPS) is 21.4. The van der Waals surface area contributed by atoms with E-state index < -0.39 is 50.7 Å². The second kappa shape index (κ2) is 11.1. The molecule has 6 nitrogen and oxygen atoms in total. The summed E-state index contributed by atoms with van der Waals surface area (Å²) in [6, 6.07) is 1.17. The van der Waals surface area contributed by atoms with Gasteiger partial charge >= 0.3 is 12.4 Å². The molecular weight excluding hydrogens is 514 g/mol. The zero-order valence-corrected chi connectivity index (χ0v) is 20.8. The van der Waals surface area contributed by atoms with Crippen LogP contribution in [-0.4, -0.2) is 56.4 Å². The van der Waals surface area contributed by atoms with Gasteiger partial charge < -0.3 is 9.84 Å². The van der Waals surface area contributed by atoms with Crippen molar-refractivity contribution in [1.82, 2.24) is 9.62 Å². The summed E-state index contributed by atoms with van der Waals surface area (Å²) in [5.41, 5.74) is -4.19. The fourth-order valence-corrected chi connectivity index (χ4v) is 6.18. The molecule has 0 saturated carbocycles. The Morgan fingerprint density at radius 1 is 1.11 bits per heavy atom. The quantitative estimate of drug-likeness (QED) is 0.370. The zero-order valence-electron chi connectivity index (χ0n) is 20.0. The molecule has 206 valence electrons. The summed E-state index contributed by atoms with van der Waals surface area (Å²) in [4.78, 5) is 0. The lowest BCUT2D eigenvalue weighted by atomic mass is 9.71. The topological polar surface area (TPSA) is 78.9 Å². The first-order chi connectivity index (χ1) is 16.7. The second-order valence-corrected chi connectivity index (χ2v) is 11.9. The van der Waals surface area contributed by atoms with Crippen LogP contribution in [0.4, 0.5) is 26.3 Å². The van der Waals surface area contributed by atoms with Gasteiger partial charge in [0.25, 0.3) is 0 Å². The Labute approximate surface area is 207 Å². The SMILES string of the molecule is CCS(=O)(=O)N1CCC(CNC(O)c2ccc(C(F)(F)F)cc2C(F)(F)F)(CC2CCOCC2)CC1. The number of hydrogen-bond donors (Lipinski definition) is 2. The molecule has 0 radical (unpaired) electrons. The fraction of sp³-hybridized carbons (Fsp3) is 0.739. The Hall–Kier alpha value is -1.41. The van der Waals surface area contributed by atoms with Crippen LogP contribution in [0.3, 0.4) is 0 Å². The highest BCUT2D eigenvalue weighted by Gasteiger charge is 2.42. The van der Waals surface area contributed by atoms with E-state index in [4.69, 9.17) is 4.74 Å². The molecule has 2 aliphatic rings. The summed E-state index contributed by atoms with van der Waals surface area (Å²) in [7, 11) is -3.39. The Balaban J connectivity index is 1.80. The lowest BCUT2D eigenvalue weighted by Crippen LogP contribution is -2.49. The van der Waals surface area contributed by atoms with Crippen molar-refractivity contribution in [2.75, 3.05) is 38.6 Å². The number of sulfonamides is 1. The largest absolute Gasteiger partial charge is 0.416 e. The van der Waals surface area contributed by atoms with Crippen molar-refractivity contribution in [2.24, 2.45) is 11.3 Å². The molecular formula is C23H32F6N2O4S. The van der Waals surface area contributed by atoms with E-state index in [9.17, 15) is 39.9 Å². The number of ether oxygens (including phenoxy) is 1. The lowest BCUT2D eigenvalue weighted by molar-refractivity contribution is -0.144. The highest BCUT2D eigenvalue weighted by atomic mass is 32.2. The molecule has 1 unspecified atom stereocenters. The third kappa shape index (κ3) is 7.12. The van der Waals surface area contributed by atoms with Gasteiger partial charge in [-0.15, -0.1) is 0 Å². The van der Waals surface area contributed by atoms with E-state index in [2.05, 4.69) is 5.32 Å². The number of benzene rings is 1. The highest BCUT2D eigenvalue weighted by Crippen LogP contribution is 2.42. The maximum Gasteiger partial charge on any atom is 0.416 e. The van der Waals surface area contributed by atoms with E-state index in [1.807, 2.05) is 0 Å². The smallest absolute Gasteiger partial charge is 0.381 e. The van der Waals surface area contributed by atoms with E-state index in [1.165, 1.54) is 4.31 Å². The minimum absolute atomic E-state index is 0.00607. The molecule has 1 atom stereocenters. The van der Waals surface area contributed by atoms with Gasteiger partial charge in [0.15, 0.2) is 0 Å². The average Bonchev–Trinajstić information content (AvgIpc) is 2.82. The number of aliphatic hydroxyl groups excluding tert-OH is 1. The van der Waals surface area contributed by atoms with Crippen LogP contribution in [0.5, 0.6) is 0 Å². The van der Waals surface area contributed by atoms with Crippen molar-refractivity contribution in [3.8, 4) is 0 Å². The first kappa shape index (κ1) is 29.2. The minimum atomic E-state index is -5.10. The van der Waals surface area contributed by atoms with Gasteiger partial charge in [0.1, 0.15) is 6.23 Å². The van der Waals surface area contributed by atoms with Gasteiger partial charge in [-0.25, -0.2) is 12.7 Å². The summed E-state index contributed by atoms with van der Waals surface area (Å²) >= 11 is 0. The summed E-state index contributed by atoms with van der Waals surface area (Å²) in [5, 5.41) is 13.3. The van der Waals surface area contributed by atoms with Crippen molar-refractivity contribution in [3.05, 3.63) is 34.9 Å². The van der Waals surface area contributed by atoms with Crippen molar-refractivity contribution in [1.29, 1.82) is 0 Å².